The molecule has 45 heavy (non-hydrogen) atoms. The van der Waals surface area contributed by atoms with Crippen LogP contribution in [0.1, 0.15) is 0 Å². The van der Waals surface area contributed by atoms with Gasteiger partial charge in [0.15, 0.2) is 12.6 Å². The molecule has 3 aliphatic heterocycles. The van der Waals surface area contributed by atoms with Crippen molar-refractivity contribution in [1.29, 1.82) is 0 Å². The van der Waals surface area contributed by atoms with E-state index in [0.717, 1.165) is 0 Å². The summed E-state index contributed by atoms with van der Waals surface area (Å²) in [6.07, 6.45) is -9.18. The number of rotatable bonds is 19. The Morgan fingerprint density at radius 3 is 1.29 bits per heavy atom. The minimum absolute atomic E-state index is 0.103. The van der Waals surface area contributed by atoms with Crippen molar-refractivity contribution in [2.24, 2.45) is 0 Å². The van der Waals surface area contributed by atoms with Crippen molar-refractivity contribution in [3.63, 3.8) is 0 Å². The number of ether oxygens (including phenoxy) is 16. The second kappa shape index (κ2) is 18.8. The third-order valence-corrected chi connectivity index (χ3v) is 8.47. The Labute approximate surface area is 266 Å². The molecule has 266 valence electrons. The molecule has 0 radical (unpaired) electrons. The number of hydrogen-bond acceptors (Lipinski definition) is 16. The maximum absolute atomic E-state index is 6.76. The molecule has 3 saturated heterocycles. The van der Waals surface area contributed by atoms with E-state index >= 15 is 0 Å². The Morgan fingerprint density at radius 2 is 0.867 bits per heavy atom. The summed E-state index contributed by atoms with van der Waals surface area (Å²) < 4.78 is 95.8. The smallest absolute Gasteiger partial charge is 0.224 e. The van der Waals surface area contributed by atoms with Crippen LogP contribution in [0.5, 0.6) is 0 Å². The molecule has 3 aliphatic rings. The zero-order valence-electron chi connectivity index (χ0n) is 28.4. The predicted molar refractivity (Wildman–Crippen MR) is 154 cm³/mol. The van der Waals surface area contributed by atoms with Gasteiger partial charge in [-0.15, -0.1) is 0 Å². The van der Waals surface area contributed by atoms with Crippen molar-refractivity contribution < 1.29 is 75.8 Å². The van der Waals surface area contributed by atoms with Gasteiger partial charge in [0.1, 0.15) is 73.8 Å². The molecule has 0 aromatic carbocycles. The van der Waals surface area contributed by atoms with Crippen LogP contribution in [0.25, 0.3) is 0 Å². The first-order chi connectivity index (χ1) is 21.8. The molecule has 14 atom stereocenters. The van der Waals surface area contributed by atoms with E-state index in [4.69, 9.17) is 75.8 Å². The maximum atomic E-state index is 6.76. The van der Waals surface area contributed by atoms with Gasteiger partial charge in [-0.05, 0) is 0 Å². The number of hydrogen-bond donors (Lipinski definition) is 0. The highest BCUT2D eigenvalue weighted by atomic mass is 16.8. The first kappa shape index (κ1) is 38.8. The van der Waals surface area contributed by atoms with Crippen molar-refractivity contribution in [1.82, 2.24) is 0 Å². The molecule has 0 saturated carbocycles. The van der Waals surface area contributed by atoms with Crippen LogP contribution in [0.2, 0.25) is 0 Å². The van der Waals surface area contributed by atoms with Gasteiger partial charge in [-0.25, -0.2) is 0 Å². The molecule has 0 aliphatic carbocycles. The molecule has 0 aromatic rings. The Bertz CT molecular complexity index is 825. The number of methoxy groups -OCH3 is 11. The van der Waals surface area contributed by atoms with Crippen molar-refractivity contribution in [2.45, 2.75) is 85.5 Å². The Morgan fingerprint density at radius 1 is 0.444 bits per heavy atom. The van der Waals surface area contributed by atoms with Crippen molar-refractivity contribution >= 4 is 0 Å². The lowest BCUT2D eigenvalue weighted by Crippen LogP contribution is -2.66. The summed E-state index contributed by atoms with van der Waals surface area (Å²) in [6.45, 7) is 0.462. The molecular formula is C29H54O16. The molecule has 0 bridgehead atoms. The molecule has 0 spiro atoms. The average Bonchev–Trinajstić information content (AvgIpc) is 3.31. The van der Waals surface area contributed by atoms with Gasteiger partial charge >= 0.3 is 0 Å². The summed E-state index contributed by atoms with van der Waals surface area (Å²) >= 11 is 0. The quantitative estimate of drug-likeness (QED) is 0.177. The third-order valence-electron chi connectivity index (χ3n) is 8.47. The molecule has 0 aromatic heterocycles. The van der Waals surface area contributed by atoms with Gasteiger partial charge in [-0.1, -0.05) is 0 Å². The fraction of sp³-hybridized carbons (Fsp3) is 1.00. The van der Waals surface area contributed by atoms with Crippen LogP contribution in [0.15, 0.2) is 0 Å². The van der Waals surface area contributed by atoms with Crippen molar-refractivity contribution in [3.05, 3.63) is 0 Å². The van der Waals surface area contributed by atoms with Gasteiger partial charge in [-0.2, -0.15) is 0 Å². The van der Waals surface area contributed by atoms with E-state index in [1.807, 2.05) is 0 Å². The highest BCUT2D eigenvalue weighted by Crippen LogP contribution is 2.42. The van der Waals surface area contributed by atoms with Gasteiger partial charge in [0.05, 0.1) is 19.8 Å². The highest BCUT2D eigenvalue weighted by Gasteiger charge is 2.63. The van der Waals surface area contributed by atoms with Gasteiger partial charge in [0.2, 0.25) is 5.79 Å². The molecule has 14 unspecified atom stereocenters. The summed E-state index contributed by atoms with van der Waals surface area (Å²) in [7, 11) is 17.1. The largest absolute Gasteiger partial charge is 0.382 e. The predicted octanol–water partition coefficient (Wildman–Crippen LogP) is -0.376. The molecule has 0 N–H and O–H groups in total. The fourth-order valence-corrected chi connectivity index (χ4v) is 6.53. The van der Waals surface area contributed by atoms with Crippen LogP contribution < -0.4 is 0 Å². The minimum Gasteiger partial charge on any atom is -0.382 e. The second-order valence-electron chi connectivity index (χ2n) is 10.9. The topological polar surface area (TPSA) is 148 Å². The van der Waals surface area contributed by atoms with E-state index < -0.39 is 85.5 Å². The van der Waals surface area contributed by atoms with E-state index in [-0.39, 0.29) is 26.4 Å². The van der Waals surface area contributed by atoms with Crippen molar-refractivity contribution in [3.8, 4) is 0 Å². The molecule has 3 fully saturated rings. The third kappa shape index (κ3) is 8.33. The lowest BCUT2D eigenvalue weighted by Gasteiger charge is -2.48. The molecule has 3 heterocycles. The van der Waals surface area contributed by atoms with Crippen LogP contribution >= 0.6 is 0 Å². The van der Waals surface area contributed by atoms with Crippen LogP contribution in [0.4, 0.5) is 0 Å². The average molecular weight is 659 g/mol. The summed E-state index contributed by atoms with van der Waals surface area (Å²) in [5.41, 5.74) is 0. The van der Waals surface area contributed by atoms with Crippen LogP contribution in [-0.4, -0.2) is 190 Å². The molecule has 16 heteroatoms. The molecule has 16 nitrogen and oxygen atoms in total. The van der Waals surface area contributed by atoms with Gasteiger partial charge in [0.25, 0.3) is 0 Å². The summed E-state index contributed by atoms with van der Waals surface area (Å²) in [6, 6.07) is 0. The van der Waals surface area contributed by atoms with Crippen LogP contribution in [0, 0.1) is 0 Å². The maximum Gasteiger partial charge on any atom is 0.224 e. The van der Waals surface area contributed by atoms with E-state index in [2.05, 4.69) is 0 Å². The fourth-order valence-electron chi connectivity index (χ4n) is 6.53. The monoisotopic (exact) mass is 658 g/mol. The zero-order chi connectivity index (χ0) is 33.1. The SMILES string of the molecule is COCC1OC(OC2C(OC)C(COC)OC2(COC)OC2OC(COC)C(OC)C(OC)C2OC)C(OC)C(OC)C1OC. The van der Waals surface area contributed by atoms with Gasteiger partial charge in [0, 0.05) is 78.2 Å². The molecular weight excluding hydrogens is 604 g/mol. The minimum atomic E-state index is -1.63. The molecule has 0 amide bonds. The van der Waals surface area contributed by atoms with Crippen LogP contribution in [0.3, 0.4) is 0 Å². The Hall–Kier alpha value is -0.640. The lowest BCUT2D eigenvalue weighted by molar-refractivity contribution is -0.405. The van der Waals surface area contributed by atoms with E-state index in [0.29, 0.717) is 0 Å². The van der Waals surface area contributed by atoms with E-state index in [1.165, 1.54) is 21.3 Å². The highest BCUT2D eigenvalue weighted by molar-refractivity contribution is 5.03. The van der Waals surface area contributed by atoms with E-state index in [1.54, 1.807) is 56.9 Å². The first-order valence-corrected chi connectivity index (χ1v) is 14.8. The summed E-state index contributed by atoms with van der Waals surface area (Å²) in [5, 5.41) is 0. The first-order valence-electron chi connectivity index (χ1n) is 14.8. The Balaban J connectivity index is 2.06. The molecule has 3 rings (SSSR count). The second-order valence-corrected chi connectivity index (χ2v) is 10.9. The lowest BCUT2D eigenvalue weighted by atomic mass is 9.97. The van der Waals surface area contributed by atoms with Crippen molar-refractivity contribution in [2.75, 3.05) is 105 Å². The van der Waals surface area contributed by atoms with Crippen LogP contribution in [-0.2, 0) is 75.8 Å². The normalized spacial score (nSPS) is 42.3. The summed E-state index contributed by atoms with van der Waals surface area (Å²) in [4.78, 5) is 0. The van der Waals surface area contributed by atoms with Gasteiger partial charge < -0.3 is 75.8 Å². The summed E-state index contributed by atoms with van der Waals surface area (Å²) in [5.74, 6) is -1.63. The zero-order valence-corrected chi connectivity index (χ0v) is 28.4. The standard InChI is InChI=1S/C29H54O16/c1-30-12-16-19(34-5)22(37-8)24(39-10)27(41-16)43-26-21(36-7)18(14-32-3)44-29(26,15-33-4)45-28-25(40-11)23(38-9)20(35-6)17(42-28)13-31-2/h16-28H,12-15H2,1-11H3. The Kier molecular flexibility index (Phi) is 16.2. The van der Waals surface area contributed by atoms with Gasteiger partial charge in [-0.3, -0.25) is 0 Å². The van der Waals surface area contributed by atoms with E-state index in [9.17, 15) is 0 Å².